The lowest BCUT2D eigenvalue weighted by Gasteiger charge is -2.25. The zero-order valence-electron chi connectivity index (χ0n) is 14.6. The summed E-state index contributed by atoms with van der Waals surface area (Å²) in [5.41, 5.74) is 0.0354. The molecule has 140 valence electrons. The second-order valence-electron chi connectivity index (χ2n) is 6.45. The number of nitrogens with one attached hydrogen (secondary N) is 1. The molecule has 8 nitrogen and oxygen atoms in total. The van der Waals surface area contributed by atoms with Crippen molar-refractivity contribution in [3.8, 4) is 5.75 Å². The van der Waals surface area contributed by atoms with Crippen molar-refractivity contribution in [2.75, 3.05) is 20.2 Å². The molecule has 2 unspecified atom stereocenters. The molecule has 1 aromatic carbocycles. The number of pyridine rings is 1. The molecule has 2 aliphatic heterocycles. The number of benzene rings is 1. The SMILES string of the molecule is COc1cccc([S+](=O)([O-])N2CCC3(C2)N=C(c2ccncc2)C(=O)N3)c1. The minimum atomic E-state index is -3.71. The zero-order valence-corrected chi connectivity index (χ0v) is 15.4. The van der Waals surface area contributed by atoms with E-state index < -0.39 is 16.1 Å². The minimum Gasteiger partial charge on any atom is -0.593 e. The molecule has 1 saturated heterocycles. The highest BCUT2D eigenvalue weighted by molar-refractivity contribution is 7.95. The summed E-state index contributed by atoms with van der Waals surface area (Å²) in [4.78, 5) is 21.1. The van der Waals surface area contributed by atoms with E-state index in [1.807, 2.05) is 0 Å². The number of sulfonamides is 1. The van der Waals surface area contributed by atoms with Crippen molar-refractivity contribution in [2.45, 2.75) is 17.0 Å². The van der Waals surface area contributed by atoms with Crippen molar-refractivity contribution < 1.29 is 18.3 Å². The Labute approximate surface area is 157 Å². The first-order valence-electron chi connectivity index (χ1n) is 8.41. The van der Waals surface area contributed by atoms with Gasteiger partial charge in [-0.3, -0.25) is 9.78 Å². The Kier molecular flexibility index (Phi) is 4.29. The number of hydrogen-bond donors (Lipinski definition) is 1. The van der Waals surface area contributed by atoms with E-state index in [1.165, 1.54) is 23.5 Å². The molecule has 1 fully saturated rings. The van der Waals surface area contributed by atoms with Gasteiger partial charge in [0.25, 0.3) is 5.91 Å². The van der Waals surface area contributed by atoms with Crippen molar-refractivity contribution in [3.63, 3.8) is 0 Å². The first-order chi connectivity index (χ1) is 12.9. The van der Waals surface area contributed by atoms with Crippen LogP contribution < -0.4 is 10.1 Å². The molecule has 0 aliphatic carbocycles. The number of aromatic nitrogens is 1. The normalized spacial score (nSPS) is 24.5. The molecule has 1 amide bonds. The van der Waals surface area contributed by atoms with Crippen LogP contribution in [0.15, 0.2) is 58.7 Å². The number of rotatable bonds is 4. The van der Waals surface area contributed by atoms with Gasteiger partial charge in [-0.1, -0.05) is 10.3 Å². The van der Waals surface area contributed by atoms with E-state index >= 15 is 0 Å². The standard InChI is InChI=1S/C18H18N4O4S/c1-26-14-3-2-4-15(11-14)27(24,25)22-10-7-18(12-22)20-16(17(23)21-18)13-5-8-19-9-6-13/h2-6,8-9,11H,7,10,12H2,1H3,(H-,21,23,24,25). The van der Waals surface area contributed by atoms with E-state index in [2.05, 4.69) is 15.3 Å². The summed E-state index contributed by atoms with van der Waals surface area (Å²) >= 11 is 0. The molecule has 2 aliphatic rings. The van der Waals surface area contributed by atoms with Crippen molar-refractivity contribution in [1.82, 2.24) is 14.6 Å². The minimum absolute atomic E-state index is 0.0901. The molecule has 0 saturated carbocycles. The fourth-order valence-corrected chi connectivity index (χ4v) is 4.87. The van der Waals surface area contributed by atoms with Gasteiger partial charge >= 0.3 is 0 Å². The van der Waals surface area contributed by atoms with Crippen LogP contribution in [0.3, 0.4) is 0 Å². The Morgan fingerprint density at radius 2 is 2.07 bits per heavy atom. The topological polar surface area (TPSA) is 107 Å². The summed E-state index contributed by atoms with van der Waals surface area (Å²) in [6.45, 7) is 0.361. The summed E-state index contributed by atoms with van der Waals surface area (Å²) in [7, 11) is -2.23. The molecule has 0 bridgehead atoms. The van der Waals surface area contributed by atoms with Gasteiger partial charge in [0.1, 0.15) is 11.5 Å². The van der Waals surface area contributed by atoms with E-state index in [9.17, 15) is 13.6 Å². The summed E-state index contributed by atoms with van der Waals surface area (Å²) in [6, 6.07) is 9.75. The second kappa shape index (κ2) is 6.52. The van der Waals surface area contributed by atoms with Gasteiger partial charge in [-0.15, -0.1) is 4.31 Å². The van der Waals surface area contributed by atoms with E-state index in [0.717, 1.165) is 0 Å². The van der Waals surface area contributed by atoms with Crippen LogP contribution >= 0.6 is 0 Å². The quantitative estimate of drug-likeness (QED) is 0.790. The number of aliphatic imine (C=N–C) groups is 1. The number of hydrogen-bond acceptors (Lipinski definition) is 6. The Morgan fingerprint density at radius 3 is 2.81 bits per heavy atom. The third-order valence-corrected chi connectivity index (χ3v) is 6.57. The van der Waals surface area contributed by atoms with E-state index in [-0.39, 0.29) is 23.9 Å². The van der Waals surface area contributed by atoms with Crippen LogP contribution in [0.4, 0.5) is 0 Å². The Bertz CT molecular complexity index is 965. The summed E-state index contributed by atoms with van der Waals surface area (Å²) in [5, 5.41) is 2.86. The molecule has 1 spiro atoms. The summed E-state index contributed by atoms with van der Waals surface area (Å²) < 4.78 is 32.4. The number of carbonyl (C=O) groups is 1. The predicted octanol–water partition coefficient (Wildman–Crippen LogP) is 1.02. The van der Waals surface area contributed by atoms with Gasteiger partial charge in [-0.05, 0) is 24.3 Å². The first-order valence-corrected chi connectivity index (χ1v) is 9.85. The van der Waals surface area contributed by atoms with Gasteiger partial charge in [0.15, 0.2) is 21.0 Å². The van der Waals surface area contributed by atoms with Crippen LogP contribution in [0.5, 0.6) is 5.75 Å². The Balaban J connectivity index is 1.60. The van der Waals surface area contributed by atoms with Crippen LogP contribution in [0.2, 0.25) is 0 Å². The summed E-state index contributed by atoms with van der Waals surface area (Å²) in [6.07, 6.45) is 3.59. The molecule has 2 atom stereocenters. The Hall–Kier alpha value is -2.62. The molecule has 4 rings (SSSR count). The number of amides is 1. The number of nitrogens with zero attached hydrogens (tertiary/aromatic N) is 3. The average molecular weight is 386 g/mol. The molecule has 1 N–H and O–H groups in total. The predicted molar refractivity (Wildman–Crippen MR) is 97.9 cm³/mol. The lowest BCUT2D eigenvalue weighted by molar-refractivity contribution is -0.115. The van der Waals surface area contributed by atoms with Crippen molar-refractivity contribution >= 4 is 22.0 Å². The molecule has 27 heavy (non-hydrogen) atoms. The van der Waals surface area contributed by atoms with Gasteiger partial charge in [-0.2, -0.15) is 0 Å². The monoisotopic (exact) mass is 386 g/mol. The van der Waals surface area contributed by atoms with Crippen LogP contribution in [0.25, 0.3) is 0 Å². The maximum atomic E-state index is 13.0. The smallest absolute Gasteiger partial charge is 0.272 e. The molecule has 3 heterocycles. The Morgan fingerprint density at radius 1 is 1.30 bits per heavy atom. The highest BCUT2D eigenvalue weighted by Gasteiger charge is 2.50. The van der Waals surface area contributed by atoms with Crippen LogP contribution in [-0.4, -0.2) is 51.3 Å². The van der Waals surface area contributed by atoms with Crippen molar-refractivity contribution in [1.29, 1.82) is 0 Å². The molecule has 2 aromatic rings. The summed E-state index contributed by atoms with van der Waals surface area (Å²) in [5.74, 6) is 0.166. The lowest BCUT2D eigenvalue weighted by Crippen LogP contribution is -2.46. The van der Waals surface area contributed by atoms with Crippen LogP contribution in [-0.2, 0) is 19.4 Å². The highest BCUT2D eigenvalue weighted by Crippen LogP contribution is 2.34. The van der Waals surface area contributed by atoms with E-state index in [1.54, 1.807) is 36.7 Å². The fraction of sp³-hybridized carbons (Fsp3) is 0.278. The molecular formula is C18H18N4O4S. The van der Waals surface area contributed by atoms with E-state index in [0.29, 0.717) is 23.4 Å². The maximum absolute atomic E-state index is 13.0. The van der Waals surface area contributed by atoms with Gasteiger partial charge in [0.2, 0.25) is 0 Å². The molecule has 0 radical (unpaired) electrons. The lowest BCUT2D eigenvalue weighted by atomic mass is 10.1. The van der Waals surface area contributed by atoms with E-state index in [4.69, 9.17) is 4.74 Å². The zero-order chi connectivity index (χ0) is 19.1. The second-order valence-corrected chi connectivity index (χ2v) is 8.39. The third-order valence-electron chi connectivity index (χ3n) is 4.73. The van der Waals surface area contributed by atoms with Gasteiger partial charge in [0.05, 0.1) is 13.7 Å². The highest BCUT2D eigenvalue weighted by atomic mass is 32.3. The molecule has 1 aromatic heterocycles. The van der Waals surface area contributed by atoms with Crippen LogP contribution in [0.1, 0.15) is 12.0 Å². The average Bonchev–Trinajstić information content (AvgIpc) is 3.26. The van der Waals surface area contributed by atoms with Crippen molar-refractivity contribution in [3.05, 3.63) is 54.4 Å². The molecular weight excluding hydrogens is 368 g/mol. The molecule has 9 heteroatoms. The third kappa shape index (κ3) is 3.14. The van der Waals surface area contributed by atoms with Gasteiger partial charge in [0, 0.05) is 37.0 Å². The fourth-order valence-electron chi connectivity index (χ4n) is 3.34. The van der Waals surface area contributed by atoms with Crippen LogP contribution in [0, 0.1) is 0 Å². The van der Waals surface area contributed by atoms with Crippen molar-refractivity contribution in [2.24, 2.45) is 4.99 Å². The van der Waals surface area contributed by atoms with Gasteiger partial charge in [-0.25, -0.2) is 4.99 Å². The first kappa shape index (κ1) is 17.8. The largest absolute Gasteiger partial charge is 0.593 e. The number of ether oxygens (including phenoxy) is 1. The number of carbonyl (C=O) groups excluding carboxylic acids is 1. The van der Waals surface area contributed by atoms with Gasteiger partial charge < -0.3 is 14.6 Å². The maximum Gasteiger partial charge on any atom is 0.272 e. The number of methoxy groups -OCH3 is 1.